The van der Waals surface area contributed by atoms with Gasteiger partial charge in [0.25, 0.3) is 0 Å². The van der Waals surface area contributed by atoms with Gasteiger partial charge in [0.2, 0.25) is 13.4 Å². The van der Waals surface area contributed by atoms with E-state index in [1.165, 1.54) is 17.3 Å². The molecule has 0 unspecified atom stereocenters. The summed E-state index contributed by atoms with van der Waals surface area (Å²) in [4.78, 5) is 13.5. The topological polar surface area (TPSA) is 55.8 Å². The summed E-state index contributed by atoms with van der Waals surface area (Å²) in [5.41, 5.74) is 3.56. The molecule has 204 valence electrons. The molecular weight excluding hydrogens is 496 g/mol. The van der Waals surface area contributed by atoms with Crippen molar-refractivity contribution in [3.63, 3.8) is 0 Å². The summed E-state index contributed by atoms with van der Waals surface area (Å²) in [5, 5.41) is 10.8. The molecule has 0 saturated heterocycles. The Hall–Kier alpha value is -1.70. The van der Waals surface area contributed by atoms with Crippen LogP contribution in [0.1, 0.15) is 65.5 Å². The Morgan fingerprint density at radius 3 is 2.11 bits per heavy atom. The minimum absolute atomic E-state index is 0.00515. The van der Waals surface area contributed by atoms with E-state index >= 15 is 0 Å². The third-order valence-corrected chi connectivity index (χ3v) is 13.9. The molecular formula is C31H46O4SSi. The fourth-order valence-electron chi connectivity index (χ4n) is 5.22. The summed E-state index contributed by atoms with van der Waals surface area (Å²) in [6.45, 7) is 16.3. The van der Waals surface area contributed by atoms with Crippen molar-refractivity contribution in [2.75, 3.05) is 6.61 Å². The van der Waals surface area contributed by atoms with Gasteiger partial charge in [0.05, 0.1) is 25.4 Å². The molecule has 6 heteroatoms. The first-order valence-corrected chi connectivity index (χ1v) is 16.4. The van der Waals surface area contributed by atoms with Gasteiger partial charge in [0.1, 0.15) is 0 Å². The highest BCUT2D eigenvalue weighted by Crippen LogP contribution is 2.43. The van der Waals surface area contributed by atoms with E-state index in [9.17, 15) is 9.90 Å². The van der Waals surface area contributed by atoms with Gasteiger partial charge in [0, 0.05) is 11.3 Å². The van der Waals surface area contributed by atoms with E-state index in [1.54, 1.807) is 6.08 Å². The van der Waals surface area contributed by atoms with Gasteiger partial charge in [0.15, 0.2) is 0 Å². The maximum absolute atomic E-state index is 12.6. The van der Waals surface area contributed by atoms with E-state index in [0.717, 1.165) is 10.5 Å². The normalized spacial score (nSPS) is 14.1. The largest absolute Gasteiger partial charge is 0.413 e. The van der Waals surface area contributed by atoms with Crippen LogP contribution in [-0.2, 0) is 20.6 Å². The lowest BCUT2D eigenvalue weighted by atomic mass is 10.1. The van der Waals surface area contributed by atoms with E-state index in [1.807, 2.05) is 67.6 Å². The van der Waals surface area contributed by atoms with Crippen LogP contribution in [0.3, 0.4) is 0 Å². The zero-order valence-corrected chi connectivity index (χ0v) is 25.5. The number of rotatable bonds is 15. The van der Waals surface area contributed by atoms with Crippen molar-refractivity contribution in [1.82, 2.24) is 0 Å². The number of aliphatic hydroxyl groups excluding tert-OH is 1. The van der Waals surface area contributed by atoms with Crippen molar-refractivity contribution < 1.29 is 19.1 Å². The number of aryl methyl sites for hydroxylation is 1. The number of hydrogen-bond donors (Lipinski definition) is 1. The van der Waals surface area contributed by atoms with E-state index in [4.69, 9.17) is 9.16 Å². The lowest BCUT2D eigenvalue weighted by Crippen LogP contribution is -2.50. The van der Waals surface area contributed by atoms with Gasteiger partial charge in [-0.1, -0.05) is 95.6 Å². The molecule has 0 fully saturated rings. The first-order valence-electron chi connectivity index (χ1n) is 13.5. The van der Waals surface area contributed by atoms with Crippen molar-refractivity contribution in [3.8, 4) is 0 Å². The second kappa shape index (κ2) is 15.6. The molecule has 2 rings (SSSR count). The van der Waals surface area contributed by atoms with E-state index in [-0.39, 0.29) is 17.8 Å². The Bertz CT molecular complexity index is 935. The highest BCUT2D eigenvalue weighted by molar-refractivity contribution is 8.14. The number of thioether (sulfide) groups is 1. The van der Waals surface area contributed by atoms with E-state index in [2.05, 4.69) is 41.5 Å². The number of hydrogen-bond acceptors (Lipinski definition) is 5. The van der Waals surface area contributed by atoms with Gasteiger partial charge in [-0.15, -0.1) is 0 Å². The smallest absolute Gasteiger partial charge is 0.216 e. The summed E-state index contributed by atoms with van der Waals surface area (Å²) in [6.07, 6.45) is 3.78. The van der Waals surface area contributed by atoms with Crippen molar-refractivity contribution in [2.24, 2.45) is 0 Å². The zero-order chi connectivity index (χ0) is 27.4. The van der Waals surface area contributed by atoms with Crippen LogP contribution in [0.4, 0.5) is 0 Å². The van der Waals surface area contributed by atoms with Gasteiger partial charge in [-0.25, -0.2) is 0 Å². The molecule has 0 spiro atoms. The monoisotopic (exact) mass is 542 g/mol. The maximum atomic E-state index is 12.6. The molecule has 0 aliphatic heterocycles. The summed E-state index contributed by atoms with van der Waals surface area (Å²) in [6, 6.07) is 17.9. The minimum Gasteiger partial charge on any atom is -0.413 e. The van der Waals surface area contributed by atoms with E-state index < -0.39 is 14.4 Å². The van der Waals surface area contributed by atoms with Crippen molar-refractivity contribution >= 4 is 25.2 Å². The molecule has 0 amide bonds. The molecule has 37 heavy (non-hydrogen) atoms. The minimum atomic E-state index is -2.16. The Morgan fingerprint density at radius 2 is 1.54 bits per heavy atom. The molecule has 4 nitrogen and oxygen atoms in total. The molecule has 0 heterocycles. The molecule has 0 aliphatic carbocycles. The quantitative estimate of drug-likeness (QED) is 0.140. The number of carbonyl (C=O) groups is 1. The number of carbonyl (C=O) groups excluding carboxylic acids is 1. The summed E-state index contributed by atoms with van der Waals surface area (Å²) in [5.74, 6) is 0. The summed E-state index contributed by atoms with van der Waals surface area (Å²) >= 11 is 1.23. The van der Waals surface area contributed by atoms with Crippen LogP contribution in [0.25, 0.3) is 0 Å². The zero-order valence-electron chi connectivity index (χ0n) is 23.6. The first-order chi connectivity index (χ1) is 17.5. The molecule has 0 saturated carbocycles. The van der Waals surface area contributed by atoms with Crippen LogP contribution in [0.15, 0.2) is 71.6 Å². The lowest BCUT2D eigenvalue weighted by Gasteiger charge is -2.45. The molecule has 1 N–H and O–H groups in total. The molecule has 2 aromatic rings. The molecule has 0 aliphatic rings. The standard InChI is InChI=1S/C31H46O4SSi/c1-23(2)37(24(3)4,25(5)6)35-29(20-28(32)22-34-21-27-12-9-8-10-13-27)14-11-15-31(33)36-30-18-16-26(7)17-19-30/h8-13,15-19,23-25,28-29,32H,14,20-22H2,1-7H3/b15-11+/t28-,29-/m1/s1. The van der Waals surface area contributed by atoms with Gasteiger partial charge in [-0.05, 0) is 65.5 Å². The Balaban J connectivity index is 2.07. The second-order valence-electron chi connectivity index (χ2n) is 10.8. The number of benzene rings is 2. The molecule has 2 atom stereocenters. The lowest BCUT2D eigenvalue weighted by molar-refractivity contribution is -0.107. The SMILES string of the molecule is Cc1ccc(SC(=O)/C=C/C[C@H](C[C@@H](O)COCc2ccccc2)O[Si](C(C)C)(C(C)C)C(C)C)cc1. The van der Waals surface area contributed by atoms with Crippen LogP contribution in [0.2, 0.25) is 16.6 Å². The van der Waals surface area contributed by atoms with Crippen LogP contribution in [-0.4, -0.2) is 37.4 Å². The highest BCUT2D eigenvalue weighted by atomic mass is 32.2. The van der Waals surface area contributed by atoms with Crippen LogP contribution in [0, 0.1) is 6.92 Å². The number of ether oxygens (including phenoxy) is 1. The van der Waals surface area contributed by atoms with Crippen LogP contribution >= 0.6 is 11.8 Å². The number of aliphatic hydroxyl groups is 1. The van der Waals surface area contributed by atoms with Crippen LogP contribution < -0.4 is 0 Å². The van der Waals surface area contributed by atoms with Gasteiger partial charge in [-0.2, -0.15) is 0 Å². The Morgan fingerprint density at radius 1 is 0.946 bits per heavy atom. The van der Waals surface area contributed by atoms with Gasteiger partial charge < -0.3 is 14.3 Å². The van der Waals surface area contributed by atoms with E-state index in [0.29, 0.717) is 36.1 Å². The van der Waals surface area contributed by atoms with Crippen molar-refractivity contribution in [1.29, 1.82) is 0 Å². The Labute approximate surface area is 230 Å². The molecule has 2 aromatic carbocycles. The fourth-order valence-corrected chi connectivity index (χ4v) is 11.5. The van der Waals surface area contributed by atoms with Gasteiger partial charge >= 0.3 is 0 Å². The van der Waals surface area contributed by atoms with Crippen molar-refractivity contribution in [3.05, 3.63) is 77.9 Å². The highest BCUT2D eigenvalue weighted by Gasteiger charge is 2.46. The average Bonchev–Trinajstić information content (AvgIpc) is 2.83. The fraction of sp³-hybridized carbons (Fsp3) is 0.516. The summed E-state index contributed by atoms with van der Waals surface area (Å²) < 4.78 is 12.8. The third-order valence-electron chi connectivity index (χ3n) is 6.93. The molecule has 0 radical (unpaired) electrons. The maximum Gasteiger partial charge on any atom is 0.216 e. The predicted molar refractivity (Wildman–Crippen MR) is 158 cm³/mol. The van der Waals surface area contributed by atoms with Gasteiger partial charge in [-0.3, -0.25) is 4.79 Å². The summed E-state index contributed by atoms with van der Waals surface area (Å²) in [7, 11) is -2.16. The van der Waals surface area contributed by atoms with Crippen molar-refractivity contribution in [2.45, 2.75) is 102 Å². The first kappa shape index (κ1) is 31.5. The second-order valence-corrected chi connectivity index (χ2v) is 17.3. The third kappa shape index (κ3) is 10.2. The predicted octanol–water partition coefficient (Wildman–Crippen LogP) is 8.09. The molecule has 0 bridgehead atoms. The Kier molecular flexibility index (Phi) is 13.3. The van der Waals surface area contributed by atoms with Crippen LogP contribution in [0.5, 0.6) is 0 Å². The molecule has 0 aromatic heterocycles. The average molecular weight is 543 g/mol.